The molecule has 0 bridgehead atoms. The smallest absolute Gasteiger partial charge is 0.289 e. The number of hydrogen-bond donors (Lipinski definition) is 0. The Bertz CT molecular complexity index is 976. The van der Waals surface area contributed by atoms with Crippen molar-refractivity contribution in [3.8, 4) is 11.5 Å². The maximum Gasteiger partial charge on any atom is 0.289 e. The van der Waals surface area contributed by atoms with E-state index in [-0.39, 0.29) is 12.0 Å². The van der Waals surface area contributed by atoms with Crippen LogP contribution < -0.4 is 9.47 Å². The van der Waals surface area contributed by atoms with Gasteiger partial charge in [0.05, 0.1) is 19.5 Å². The molecule has 0 radical (unpaired) electrons. The van der Waals surface area contributed by atoms with E-state index in [4.69, 9.17) is 13.9 Å². The van der Waals surface area contributed by atoms with Crippen molar-refractivity contribution < 1.29 is 18.7 Å². The highest BCUT2D eigenvalue weighted by atomic mass is 16.5. The standard InChI is InChI=1S/C28H35NO4/c1-20(2)26(23-10-14-25(15-11-23)33-21(3)4)16-17-29(28(30)27-7-6-18-32-27)19-22-8-12-24(31-5)13-9-22/h6-15,18,20-21,26H,16-17,19H2,1-5H3/t26-/m0/s1. The zero-order valence-electron chi connectivity index (χ0n) is 20.3. The minimum absolute atomic E-state index is 0.0981. The maximum atomic E-state index is 13.2. The van der Waals surface area contributed by atoms with Gasteiger partial charge in [0, 0.05) is 13.1 Å². The van der Waals surface area contributed by atoms with E-state index in [1.165, 1.54) is 11.8 Å². The van der Waals surface area contributed by atoms with E-state index in [2.05, 4.69) is 26.0 Å². The lowest BCUT2D eigenvalue weighted by Gasteiger charge is -2.27. The molecule has 0 N–H and O–H groups in total. The molecular formula is C28H35NO4. The van der Waals surface area contributed by atoms with Gasteiger partial charge in [0.15, 0.2) is 5.76 Å². The molecule has 176 valence electrons. The third kappa shape index (κ3) is 6.88. The van der Waals surface area contributed by atoms with Crippen LogP contribution in [0.25, 0.3) is 0 Å². The second-order valence-corrected chi connectivity index (χ2v) is 8.93. The number of carbonyl (C=O) groups is 1. The topological polar surface area (TPSA) is 51.9 Å². The van der Waals surface area contributed by atoms with E-state index in [0.717, 1.165) is 23.5 Å². The summed E-state index contributed by atoms with van der Waals surface area (Å²) >= 11 is 0. The average Bonchev–Trinajstić information content (AvgIpc) is 3.34. The molecule has 0 saturated heterocycles. The molecule has 0 unspecified atom stereocenters. The first kappa shape index (κ1) is 24.4. The van der Waals surface area contributed by atoms with Gasteiger partial charge >= 0.3 is 0 Å². The van der Waals surface area contributed by atoms with Crippen LogP contribution in [0.5, 0.6) is 11.5 Å². The Hall–Kier alpha value is -3.21. The Morgan fingerprint density at radius 1 is 0.939 bits per heavy atom. The Morgan fingerprint density at radius 3 is 2.15 bits per heavy atom. The molecule has 0 aliphatic carbocycles. The van der Waals surface area contributed by atoms with E-state index in [9.17, 15) is 4.79 Å². The van der Waals surface area contributed by atoms with Gasteiger partial charge in [0.2, 0.25) is 0 Å². The van der Waals surface area contributed by atoms with Gasteiger partial charge in [0.1, 0.15) is 11.5 Å². The third-order valence-corrected chi connectivity index (χ3v) is 5.75. The van der Waals surface area contributed by atoms with Crippen LogP contribution >= 0.6 is 0 Å². The summed E-state index contributed by atoms with van der Waals surface area (Å²) in [5.41, 5.74) is 2.31. The van der Waals surface area contributed by atoms with Crippen LogP contribution in [-0.2, 0) is 6.54 Å². The second kappa shape index (κ2) is 11.6. The fraction of sp³-hybridized carbons (Fsp3) is 0.393. The van der Waals surface area contributed by atoms with Gasteiger partial charge in [-0.3, -0.25) is 4.79 Å². The van der Waals surface area contributed by atoms with Crippen molar-refractivity contribution >= 4 is 5.91 Å². The summed E-state index contributed by atoms with van der Waals surface area (Å²) in [5, 5.41) is 0. The van der Waals surface area contributed by atoms with Crippen LogP contribution in [0.1, 0.15) is 61.7 Å². The number of benzene rings is 2. The largest absolute Gasteiger partial charge is 0.497 e. The number of carbonyl (C=O) groups excluding carboxylic acids is 1. The molecule has 3 rings (SSSR count). The number of rotatable bonds is 11. The Balaban J connectivity index is 1.75. The lowest BCUT2D eigenvalue weighted by Crippen LogP contribution is -2.32. The number of hydrogen-bond acceptors (Lipinski definition) is 4. The van der Waals surface area contributed by atoms with E-state index in [1.807, 2.05) is 55.1 Å². The van der Waals surface area contributed by atoms with Crippen molar-refractivity contribution in [1.82, 2.24) is 4.90 Å². The van der Waals surface area contributed by atoms with E-state index in [1.54, 1.807) is 19.2 Å². The van der Waals surface area contributed by atoms with E-state index in [0.29, 0.717) is 30.7 Å². The van der Waals surface area contributed by atoms with Gasteiger partial charge in [-0.15, -0.1) is 0 Å². The van der Waals surface area contributed by atoms with Gasteiger partial charge in [-0.25, -0.2) is 0 Å². The van der Waals surface area contributed by atoms with Crippen LogP contribution in [0.3, 0.4) is 0 Å². The van der Waals surface area contributed by atoms with Crippen molar-refractivity contribution in [1.29, 1.82) is 0 Å². The molecule has 0 aliphatic rings. The quantitative estimate of drug-likeness (QED) is 0.333. The summed E-state index contributed by atoms with van der Waals surface area (Å²) in [5.74, 6) is 2.70. The van der Waals surface area contributed by atoms with Crippen LogP contribution in [0.15, 0.2) is 71.3 Å². The fourth-order valence-corrected chi connectivity index (χ4v) is 4.01. The summed E-state index contributed by atoms with van der Waals surface area (Å²) in [6.45, 7) is 9.64. The van der Waals surface area contributed by atoms with Gasteiger partial charge in [-0.1, -0.05) is 38.1 Å². The van der Waals surface area contributed by atoms with Crippen LogP contribution in [0.2, 0.25) is 0 Å². The molecule has 0 fully saturated rings. The molecule has 5 nitrogen and oxygen atoms in total. The molecule has 2 aromatic carbocycles. The third-order valence-electron chi connectivity index (χ3n) is 5.75. The Labute approximate surface area is 197 Å². The summed E-state index contributed by atoms with van der Waals surface area (Å²) in [4.78, 5) is 15.1. The molecule has 5 heteroatoms. The minimum atomic E-state index is -0.0981. The fourth-order valence-electron chi connectivity index (χ4n) is 4.01. The summed E-state index contributed by atoms with van der Waals surface area (Å²) < 4.78 is 16.5. The average molecular weight is 450 g/mol. The number of nitrogens with zero attached hydrogens (tertiary/aromatic N) is 1. The SMILES string of the molecule is COc1ccc(CN(CC[C@H](c2ccc(OC(C)C)cc2)C(C)C)C(=O)c2ccco2)cc1. The molecular weight excluding hydrogens is 414 g/mol. The monoisotopic (exact) mass is 449 g/mol. The van der Waals surface area contributed by atoms with Gasteiger partial charge in [-0.2, -0.15) is 0 Å². The summed E-state index contributed by atoms with van der Waals surface area (Å²) in [6, 6.07) is 19.7. The first-order chi connectivity index (χ1) is 15.9. The van der Waals surface area contributed by atoms with Gasteiger partial charge < -0.3 is 18.8 Å². The van der Waals surface area contributed by atoms with E-state index >= 15 is 0 Å². The van der Waals surface area contributed by atoms with Crippen molar-refractivity contribution in [2.24, 2.45) is 5.92 Å². The Kier molecular flexibility index (Phi) is 8.58. The minimum Gasteiger partial charge on any atom is -0.497 e. The predicted molar refractivity (Wildman–Crippen MR) is 131 cm³/mol. The van der Waals surface area contributed by atoms with Gasteiger partial charge in [0.25, 0.3) is 5.91 Å². The van der Waals surface area contributed by atoms with Crippen molar-refractivity contribution in [3.63, 3.8) is 0 Å². The highest BCUT2D eigenvalue weighted by molar-refractivity contribution is 5.91. The zero-order valence-corrected chi connectivity index (χ0v) is 20.3. The molecule has 0 aliphatic heterocycles. The van der Waals surface area contributed by atoms with Crippen molar-refractivity contribution in [3.05, 3.63) is 83.8 Å². The molecule has 1 atom stereocenters. The lowest BCUT2D eigenvalue weighted by atomic mass is 9.85. The van der Waals surface area contributed by atoms with Crippen LogP contribution in [0.4, 0.5) is 0 Å². The van der Waals surface area contributed by atoms with Crippen LogP contribution in [-0.4, -0.2) is 30.6 Å². The number of amides is 1. The number of furan rings is 1. The number of methoxy groups -OCH3 is 1. The first-order valence-electron chi connectivity index (χ1n) is 11.6. The molecule has 1 aromatic heterocycles. The normalized spacial score (nSPS) is 12.1. The summed E-state index contributed by atoms with van der Waals surface area (Å²) in [6.07, 6.45) is 2.54. The van der Waals surface area contributed by atoms with Gasteiger partial charge in [-0.05, 0) is 79.6 Å². The molecule has 33 heavy (non-hydrogen) atoms. The predicted octanol–water partition coefficient (Wildman–Crippen LogP) is 6.55. The van der Waals surface area contributed by atoms with Crippen LogP contribution in [0, 0.1) is 5.92 Å². The number of ether oxygens (including phenoxy) is 2. The molecule has 0 saturated carbocycles. The maximum absolute atomic E-state index is 13.2. The summed E-state index contributed by atoms with van der Waals surface area (Å²) in [7, 11) is 1.65. The molecule has 1 amide bonds. The van der Waals surface area contributed by atoms with Crippen molar-refractivity contribution in [2.45, 2.75) is 52.7 Å². The molecule has 3 aromatic rings. The first-order valence-corrected chi connectivity index (χ1v) is 11.6. The second-order valence-electron chi connectivity index (χ2n) is 8.93. The van der Waals surface area contributed by atoms with Crippen molar-refractivity contribution in [2.75, 3.05) is 13.7 Å². The van der Waals surface area contributed by atoms with E-state index < -0.39 is 0 Å². The zero-order chi connectivity index (χ0) is 23.8. The Morgan fingerprint density at radius 2 is 1.61 bits per heavy atom. The highest BCUT2D eigenvalue weighted by Gasteiger charge is 2.22. The highest BCUT2D eigenvalue weighted by Crippen LogP contribution is 2.30. The molecule has 1 heterocycles. The lowest BCUT2D eigenvalue weighted by molar-refractivity contribution is 0.0702. The molecule has 0 spiro atoms.